The number of amides is 2. The molecule has 0 fully saturated rings. The molecule has 1 aromatic heterocycles. The molecule has 24 heavy (non-hydrogen) atoms. The summed E-state index contributed by atoms with van der Waals surface area (Å²) in [7, 11) is 0. The molecule has 0 atom stereocenters. The van der Waals surface area contributed by atoms with Crippen molar-refractivity contribution >= 4 is 40.7 Å². The maximum Gasteiger partial charge on any atom is 0.325 e. The van der Waals surface area contributed by atoms with E-state index in [1.165, 1.54) is 11.3 Å². The molecular formula is C16H15ClN2O4S. The molecular weight excluding hydrogens is 352 g/mol. The number of carbonyl (C=O) groups excluding carboxylic acids is 3. The number of carbonyl (C=O) groups is 3. The number of thiophene rings is 1. The predicted octanol–water partition coefficient (Wildman–Crippen LogP) is 1.99. The van der Waals surface area contributed by atoms with Gasteiger partial charge < -0.3 is 15.4 Å². The lowest BCUT2D eigenvalue weighted by molar-refractivity contribution is -0.147. The van der Waals surface area contributed by atoms with Crippen LogP contribution in [0.25, 0.3) is 0 Å². The number of benzene rings is 1. The monoisotopic (exact) mass is 366 g/mol. The van der Waals surface area contributed by atoms with E-state index in [1.807, 2.05) is 17.5 Å². The topological polar surface area (TPSA) is 84.5 Å². The maximum absolute atomic E-state index is 11.8. The van der Waals surface area contributed by atoms with Crippen LogP contribution in [-0.4, -0.2) is 30.9 Å². The number of ether oxygens (including phenoxy) is 1. The molecule has 1 heterocycles. The van der Waals surface area contributed by atoms with Crippen LogP contribution in [0.1, 0.15) is 15.2 Å². The fourth-order valence-electron chi connectivity index (χ4n) is 1.70. The summed E-state index contributed by atoms with van der Waals surface area (Å²) < 4.78 is 4.80. The highest BCUT2D eigenvalue weighted by Gasteiger charge is 2.10. The molecule has 0 spiro atoms. The molecule has 0 bridgehead atoms. The molecule has 0 saturated heterocycles. The average Bonchev–Trinajstić information content (AvgIpc) is 3.10. The van der Waals surface area contributed by atoms with Crippen LogP contribution in [0.5, 0.6) is 0 Å². The lowest BCUT2D eigenvalue weighted by Crippen LogP contribution is -2.33. The second-order valence-electron chi connectivity index (χ2n) is 4.71. The first-order valence-electron chi connectivity index (χ1n) is 7.03. The number of rotatable bonds is 7. The Morgan fingerprint density at radius 3 is 2.50 bits per heavy atom. The van der Waals surface area contributed by atoms with E-state index in [4.69, 9.17) is 16.3 Å². The highest BCUT2D eigenvalue weighted by Crippen LogP contribution is 2.09. The van der Waals surface area contributed by atoms with Crippen molar-refractivity contribution in [3.8, 4) is 0 Å². The molecule has 8 heteroatoms. The van der Waals surface area contributed by atoms with E-state index in [9.17, 15) is 14.4 Å². The Morgan fingerprint density at radius 1 is 1.08 bits per heavy atom. The van der Waals surface area contributed by atoms with Gasteiger partial charge in [-0.15, -0.1) is 11.3 Å². The second kappa shape index (κ2) is 9.05. The van der Waals surface area contributed by atoms with E-state index >= 15 is 0 Å². The summed E-state index contributed by atoms with van der Waals surface area (Å²) in [5.41, 5.74) is 0.376. The smallest absolute Gasteiger partial charge is 0.325 e. The Balaban J connectivity index is 1.64. The first kappa shape index (κ1) is 18.0. The lowest BCUT2D eigenvalue weighted by atomic mass is 10.2. The Labute approximate surface area is 147 Å². The molecule has 2 aromatic rings. The van der Waals surface area contributed by atoms with Crippen molar-refractivity contribution in [2.75, 3.05) is 13.2 Å². The zero-order chi connectivity index (χ0) is 17.4. The van der Waals surface area contributed by atoms with Gasteiger partial charge in [0.15, 0.2) is 6.61 Å². The fourth-order valence-corrected chi connectivity index (χ4v) is 2.47. The van der Waals surface area contributed by atoms with E-state index in [-0.39, 0.29) is 13.2 Å². The molecule has 0 aliphatic carbocycles. The molecule has 0 aliphatic rings. The van der Waals surface area contributed by atoms with E-state index in [1.54, 1.807) is 24.3 Å². The molecule has 0 saturated carbocycles. The highest BCUT2D eigenvalue weighted by molar-refractivity contribution is 7.09. The summed E-state index contributed by atoms with van der Waals surface area (Å²) in [6.45, 7) is -0.317. The molecule has 1 aromatic carbocycles. The number of hydrogen-bond donors (Lipinski definition) is 2. The van der Waals surface area contributed by atoms with Crippen LogP contribution in [0.3, 0.4) is 0 Å². The summed E-state index contributed by atoms with van der Waals surface area (Å²) in [5.74, 6) is -1.52. The molecule has 2 amide bonds. The van der Waals surface area contributed by atoms with Crippen LogP contribution in [0.15, 0.2) is 41.8 Å². The summed E-state index contributed by atoms with van der Waals surface area (Å²) in [6, 6.07) is 10.0. The molecule has 2 rings (SSSR count). The van der Waals surface area contributed by atoms with Gasteiger partial charge in [0.2, 0.25) is 0 Å². The fraction of sp³-hybridized carbons (Fsp3) is 0.188. The Bertz CT molecular complexity index is 701. The third kappa shape index (κ3) is 6.02. The third-order valence-corrected chi connectivity index (χ3v) is 4.03. The minimum Gasteiger partial charge on any atom is -0.454 e. The van der Waals surface area contributed by atoms with Crippen LogP contribution >= 0.6 is 22.9 Å². The van der Waals surface area contributed by atoms with Crippen molar-refractivity contribution in [3.05, 3.63) is 57.2 Å². The van der Waals surface area contributed by atoms with Gasteiger partial charge in [-0.05, 0) is 35.7 Å². The normalized spacial score (nSPS) is 10.0. The summed E-state index contributed by atoms with van der Waals surface area (Å²) in [4.78, 5) is 35.9. The molecule has 0 aliphatic heterocycles. The van der Waals surface area contributed by atoms with Gasteiger partial charge >= 0.3 is 5.97 Å². The largest absolute Gasteiger partial charge is 0.454 e. The first-order valence-corrected chi connectivity index (χ1v) is 8.29. The van der Waals surface area contributed by atoms with Crippen LogP contribution in [0.4, 0.5) is 0 Å². The summed E-state index contributed by atoms with van der Waals surface area (Å²) in [5, 5.41) is 7.46. The van der Waals surface area contributed by atoms with Gasteiger partial charge in [-0.3, -0.25) is 14.4 Å². The van der Waals surface area contributed by atoms with Gasteiger partial charge in [-0.2, -0.15) is 0 Å². The van der Waals surface area contributed by atoms with Gasteiger partial charge in [0.1, 0.15) is 6.54 Å². The molecule has 6 nitrogen and oxygen atoms in total. The zero-order valence-electron chi connectivity index (χ0n) is 12.6. The van der Waals surface area contributed by atoms with Gasteiger partial charge in [-0.25, -0.2) is 0 Å². The second-order valence-corrected chi connectivity index (χ2v) is 6.18. The third-order valence-electron chi connectivity index (χ3n) is 2.90. The Morgan fingerprint density at radius 2 is 1.83 bits per heavy atom. The molecule has 0 radical (unpaired) electrons. The first-order chi connectivity index (χ1) is 11.5. The van der Waals surface area contributed by atoms with Crippen LogP contribution in [-0.2, 0) is 20.9 Å². The van der Waals surface area contributed by atoms with Crippen molar-refractivity contribution in [1.82, 2.24) is 10.6 Å². The van der Waals surface area contributed by atoms with Crippen molar-refractivity contribution < 1.29 is 19.1 Å². The number of halogens is 1. The standard InChI is InChI=1S/C16H15ClN2O4S/c17-12-5-3-11(4-6-12)16(22)19-9-15(21)23-10-14(20)18-8-13-2-1-7-24-13/h1-7H,8-10H2,(H,18,20)(H,19,22). The SMILES string of the molecule is O=C(COC(=O)CNC(=O)c1ccc(Cl)cc1)NCc1cccs1. The van der Waals surface area contributed by atoms with E-state index in [0.717, 1.165) is 4.88 Å². The van der Waals surface area contributed by atoms with E-state index in [0.29, 0.717) is 17.1 Å². The van der Waals surface area contributed by atoms with Gasteiger partial charge in [0.25, 0.3) is 11.8 Å². The molecule has 2 N–H and O–H groups in total. The van der Waals surface area contributed by atoms with Crippen molar-refractivity contribution in [2.24, 2.45) is 0 Å². The molecule has 126 valence electrons. The van der Waals surface area contributed by atoms with Crippen LogP contribution < -0.4 is 10.6 Å². The van der Waals surface area contributed by atoms with Crippen molar-refractivity contribution in [1.29, 1.82) is 0 Å². The minimum absolute atomic E-state index is 0.320. The Kier molecular flexibility index (Phi) is 6.77. The number of esters is 1. The number of hydrogen-bond acceptors (Lipinski definition) is 5. The highest BCUT2D eigenvalue weighted by atomic mass is 35.5. The van der Waals surface area contributed by atoms with Gasteiger partial charge in [0.05, 0.1) is 6.54 Å². The average molecular weight is 367 g/mol. The Hall–Kier alpha value is -2.38. The van der Waals surface area contributed by atoms with Crippen molar-refractivity contribution in [2.45, 2.75) is 6.54 Å². The van der Waals surface area contributed by atoms with Crippen LogP contribution in [0.2, 0.25) is 5.02 Å². The van der Waals surface area contributed by atoms with E-state index < -0.39 is 17.8 Å². The number of nitrogens with one attached hydrogen (secondary N) is 2. The maximum atomic E-state index is 11.8. The summed E-state index contributed by atoms with van der Waals surface area (Å²) in [6.07, 6.45) is 0. The predicted molar refractivity (Wildman–Crippen MR) is 90.9 cm³/mol. The van der Waals surface area contributed by atoms with E-state index in [2.05, 4.69) is 10.6 Å². The van der Waals surface area contributed by atoms with Gasteiger partial charge in [-0.1, -0.05) is 17.7 Å². The van der Waals surface area contributed by atoms with Crippen molar-refractivity contribution in [3.63, 3.8) is 0 Å². The van der Waals surface area contributed by atoms with Gasteiger partial charge in [0, 0.05) is 15.5 Å². The summed E-state index contributed by atoms with van der Waals surface area (Å²) >= 11 is 7.25. The van der Waals surface area contributed by atoms with Crippen LogP contribution in [0, 0.1) is 0 Å². The zero-order valence-corrected chi connectivity index (χ0v) is 14.2. The quantitative estimate of drug-likeness (QED) is 0.734. The minimum atomic E-state index is -0.691. The molecule has 0 unspecified atom stereocenters. The lowest BCUT2D eigenvalue weighted by Gasteiger charge is -2.07.